The van der Waals surface area contributed by atoms with Crippen LogP contribution in [-0.4, -0.2) is 25.1 Å². The third-order valence-corrected chi connectivity index (χ3v) is 4.07. The molecule has 0 aliphatic rings. The summed E-state index contributed by atoms with van der Waals surface area (Å²) in [5, 5.41) is 39.8. The number of aromatic hydroxyl groups is 1. The fourth-order valence-electron chi connectivity index (χ4n) is 2.66. The highest BCUT2D eigenvalue weighted by Gasteiger charge is 2.28. The maximum Gasteiger partial charge on any atom is 0.243 e. The molecule has 8 heteroatoms. The van der Waals surface area contributed by atoms with Crippen molar-refractivity contribution in [3.8, 4) is 17.6 Å². The topological polar surface area (TPSA) is 115 Å². The van der Waals surface area contributed by atoms with Crippen LogP contribution >= 0.6 is 0 Å². The zero-order chi connectivity index (χ0) is 19.6. The largest absolute Gasteiger partial charge is 0.492 e. The highest BCUT2D eigenvalue weighted by Crippen LogP contribution is 2.40. The summed E-state index contributed by atoms with van der Waals surface area (Å²) >= 11 is 0. The standard InChI is InChI=1S/C19H21N7O/c1-5-14-13(11-20)17(23-21-14)24-22-15-16(19(2,3)4)25-26(18(15)27)12-9-7-6-8-10-12/h6-10,27H,5H2,1-4H3,(H,21,23)/b24-22+. The summed E-state index contributed by atoms with van der Waals surface area (Å²) in [5.41, 5.74) is 2.20. The predicted octanol–water partition coefficient (Wildman–Crippen LogP) is 4.45. The van der Waals surface area contributed by atoms with Gasteiger partial charge in [0, 0.05) is 5.41 Å². The van der Waals surface area contributed by atoms with Crippen LogP contribution in [0.2, 0.25) is 0 Å². The maximum atomic E-state index is 10.7. The van der Waals surface area contributed by atoms with Crippen molar-refractivity contribution in [2.75, 3.05) is 0 Å². The first-order valence-electron chi connectivity index (χ1n) is 8.63. The summed E-state index contributed by atoms with van der Waals surface area (Å²) in [6, 6.07) is 11.4. The number of H-pyrrole nitrogens is 1. The Kier molecular flexibility index (Phi) is 4.77. The highest BCUT2D eigenvalue weighted by molar-refractivity contribution is 5.58. The van der Waals surface area contributed by atoms with Crippen LogP contribution in [0.25, 0.3) is 5.69 Å². The number of azo groups is 1. The number of benzene rings is 1. The van der Waals surface area contributed by atoms with Crippen molar-refractivity contribution >= 4 is 11.5 Å². The molecule has 0 radical (unpaired) electrons. The second-order valence-corrected chi connectivity index (χ2v) is 7.08. The molecule has 0 bridgehead atoms. The van der Waals surface area contributed by atoms with E-state index < -0.39 is 0 Å². The van der Waals surface area contributed by atoms with Crippen LogP contribution in [0.1, 0.15) is 44.6 Å². The van der Waals surface area contributed by atoms with Crippen molar-refractivity contribution in [2.45, 2.75) is 39.5 Å². The third-order valence-electron chi connectivity index (χ3n) is 4.07. The molecule has 3 aromatic rings. The molecule has 27 heavy (non-hydrogen) atoms. The van der Waals surface area contributed by atoms with Crippen molar-refractivity contribution in [2.24, 2.45) is 10.2 Å². The lowest BCUT2D eigenvalue weighted by Gasteiger charge is -2.15. The molecule has 0 saturated carbocycles. The Hall–Kier alpha value is -3.47. The minimum absolute atomic E-state index is 0.108. The molecule has 2 aromatic heterocycles. The molecule has 0 unspecified atom stereocenters. The zero-order valence-electron chi connectivity index (χ0n) is 15.7. The van der Waals surface area contributed by atoms with E-state index >= 15 is 0 Å². The van der Waals surface area contributed by atoms with Gasteiger partial charge in [0.15, 0.2) is 11.5 Å². The average molecular weight is 363 g/mol. The Morgan fingerprint density at radius 2 is 1.93 bits per heavy atom. The summed E-state index contributed by atoms with van der Waals surface area (Å²) in [6.45, 7) is 7.85. The van der Waals surface area contributed by atoms with Crippen LogP contribution < -0.4 is 0 Å². The van der Waals surface area contributed by atoms with Gasteiger partial charge < -0.3 is 5.11 Å². The molecule has 0 aliphatic heterocycles. The van der Waals surface area contributed by atoms with E-state index in [4.69, 9.17) is 0 Å². The molecule has 2 heterocycles. The van der Waals surface area contributed by atoms with Gasteiger partial charge in [-0.2, -0.15) is 20.1 Å². The minimum atomic E-state index is -0.369. The number of aromatic amines is 1. The zero-order valence-corrected chi connectivity index (χ0v) is 15.7. The minimum Gasteiger partial charge on any atom is -0.492 e. The molecule has 138 valence electrons. The number of hydrogen-bond donors (Lipinski definition) is 2. The van der Waals surface area contributed by atoms with Gasteiger partial charge >= 0.3 is 0 Å². The maximum absolute atomic E-state index is 10.7. The van der Waals surface area contributed by atoms with E-state index in [2.05, 4.69) is 31.6 Å². The normalized spacial score (nSPS) is 11.8. The van der Waals surface area contributed by atoms with Crippen molar-refractivity contribution in [3.05, 3.63) is 47.3 Å². The van der Waals surface area contributed by atoms with Crippen molar-refractivity contribution in [3.63, 3.8) is 0 Å². The van der Waals surface area contributed by atoms with Crippen LogP contribution in [0, 0.1) is 11.3 Å². The molecule has 0 aliphatic carbocycles. The van der Waals surface area contributed by atoms with E-state index in [0.29, 0.717) is 23.4 Å². The van der Waals surface area contributed by atoms with Crippen LogP contribution in [0.4, 0.5) is 11.5 Å². The average Bonchev–Trinajstić information content (AvgIpc) is 3.20. The molecule has 0 saturated heterocycles. The van der Waals surface area contributed by atoms with Gasteiger partial charge in [-0.15, -0.1) is 10.2 Å². The number of para-hydroxylation sites is 1. The van der Waals surface area contributed by atoms with E-state index in [1.165, 1.54) is 4.68 Å². The lowest BCUT2D eigenvalue weighted by Crippen LogP contribution is -2.13. The Bertz CT molecular complexity index is 1020. The summed E-state index contributed by atoms with van der Waals surface area (Å²) in [6.07, 6.45) is 0.610. The Balaban J connectivity index is 2.11. The van der Waals surface area contributed by atoms with Gasteiger partial charge in [-0.05, 0) is 18.6 Å². The van der Waals surface area contributed by atoms with E-state index in [9.17, 15) is 10.4 Å². The number of nitrogens with one attached hydrogen (secondary N) is 1. The van der Waals surface area contributed by atoms with Crippen molar-refractivity contribution in [1.29, 1.82) is 5.26 Å². The van der Waals surface area contributed by atoms with Gasteiger partial charge in [-0.25, -0.2) is 0 Å². The first kappa shape index (κ1) is 18.3. The molecular weight excluding hydrogens is 342 g/mol. The highest BCUT2D eigenvalue weighted by atomic mass is 16.3. The molecule has 0 atom stereocenters. The van der Waals surface area contributed by atoms with Crippen LogP contribution in [-0.2, 0) is 11.8 Å². The summed E-state index contributed by atoms with van der Waals surface area (Å²) in [4.78, 5) is 0. The summed E-state index contributed by atoms with van der Waals surface area (Å²) in [5.74, 6) is 0.157. The molecule has 3 rings (SSSR count). The molecule has 8 nitrogen and oxygen atoms in total. The monoisotopic (exact) mass is 363 g/mol. The summed E-state index contributed by atoms with van der Waals surface area (Å²) in [7, 11) is 0. The smallest absolute Gasteiger partial charge is 0.243 e. The number of nitriles is 1. The Morgan fingerprint density at radius 1 is 1.22 bits per heavy atom. The SMILES string of the molecule is CCc1n[nH]c(/N=N/c2c(C(C)(C)C)nn(-c3ccccc3)c2O)c1C#N. The van der Waals surface area contributed by atoms with Gasteiger partial charge in [-0.1, -0.05) is 45.9 Å². The Morgan fingerprint density at radius 3 is 2.52 bits per heavy atom. The van der Waals surface area contributed by atoms with Gasteiger partial charge in [0.25, 0.3) is 0 Å². The van der Waals surface area contributed by atoms with E-state index in [1.807, 2.05) is 58.0 Å². The lowest BCUT2D eigenvalue weighted by molar-refractivity contribution is 0.434. The molecule has 0 spiro atoms. The van der Waals surface area contributed by atoms with E-state index in [1.54, 1.807) is 0 Å². The van der Waals surface area contributed by atoms with Gasteiger partial charge in [-0.3, -0.25) is 5.10 Å². The summed E-state index contributed by atoms with van der Waals surface area (Å²) < 4.78 is 1.44. The van der Waals surface area contributed by atoms with E-state index in [0.717, 1.165) is 5.69 Å². The third kappa shape index (κ3) is 3.44. The lowest BCUT2D eigenvalue weighted by atomic mass is 9.91. The number of nitrogens with zero attached hydrogens (tertiary/aromatic N) is 6. The molecule has 0 fully saturated rings. The second-order valence-electron chi connectivity index (χ2n) is 7.08. The van der Waals surface area contributed by atoms with Crippen molar-refractivity contribution in [1.82, 2.24) is 20.0 Å². The number of aryl methyl sites for hydroxylation is 1. The number of aromatic nitrogens is 4. The van der Waals surface area contributed by atoms with Crippen LogP contribution in [0.5, 0.6) is 5.88 Å². The molecule has 1 aromatic carbocycles. The molecular formula is C19H21N7O. The van der Waals surface area contributed by atoms with Gasteiger partial charge in [0.1, 0.15) is 11.6 Å². The first-order valence-corrected chi connectivity index (χ1v) is 8.63. The molecule has 0 amide bonds. The quantitative estimate of drug-likeness (QED) is 0.666. The number of rotatable bonds is 4. The van der Waals surface area contributed by atoms with Crippen LogP contribution in [0.15, 0.2) is 40.6 Å². The molecule has 2 N–H and O–H groups in total. The second kappa shape index (κ2) is 7.03. The fraction of sp³-hybridized carbons (Fsp3) is 0.316. The fourth-order valence-corrected chi connectivity index (χ4v) is 2.66. The van der Waals surface area contributed by atoms with Gasteiger partial charge in [0.2, 0.25) is 5.88 Å². The van der Waals surface area contributed by atoms with E-state index in [-0.39, 0.29) is 22.8 Å². The first-order chi connectivity index (χ1) is 12.9. The predicted molar refractivity (Wildman–Crippen MR) is 101 cm³/mol. The Labute approximate surface area is 157 Å². The van der Waals surface area contributed by atoms with Gasteiger partial charge in [0.05, 0.1) is 17.1 Å². The number of hydrogen-bond acceptors (Lipinski definition) is 6. The van der Waals surface area contributed by atoms with Crippen molar-refractivity contribution < 1.29 is 5.11 Å². The van der Waals surface area contributed by atoms with Crippen LogP contribution in [0.3, 0.4) is 0 Å².